The Balaban J connectivity index is 1.77. The molecule has 0 unspecified atom stereocenters. The van der Waals surface area contributed by atoms with Crippen molar-refractivity contribution in [3.8, 4) is 5.75 Å². The summed E-state index contributed by atoms with van der Waals surface area (Å²) in [6, 6.07) is 20.8. The lowest BCUT2D eigenvalue weighted by Gasteiger charge is -2.21. The van der Waals surface area contributed by atoms with E-state index < -0.39 is 12.7 Å². The zero-order chi connectivity index (χ0) is 21.5. The van der Waals surface area contributed by atoms with E-state index in [1.165, 1.54) is 36.4 Å². The molecule has 0 heterocycles. The fourth-order valence-electron chi connectivity index (χ4n) is 3.10. The van der Waals surface area contributed by atoms with Gasteiger partial charge in [-0.05, 0) is 55.5 Å². The molecule has 0 aliphatic rings. The number of quaternary nitrogens is 1. The van der Waals surface area contributed by atoms with Crippen LogP contribution in [-0.4, -0.2) is 18.6 Å². The molecule has 0 aromatic heterocycles. The van der Waals surface area contributed by atoms with Crippen molar-refractivity contribution >= 4 is 11.6 Å². The van der Waals surface area contributed by atoms with Gasteiger partial charge in [0, 0.05) is 16.8 Å². The van der Waals surface area contributed by atoms with Crippen molar-refractivity contribution in [1.29, 1.82) is 0 Å². The second-order valence-corrected chi connectivity index (χ2v) is 6.81. The average Bonchev–Trinajstić information content (AvgIpc) is 2.74. The van der Waals surface area contributed by atoms with Crippen LogP contribution in [0, 0.1) is 5.82 Å². The van der Waals surface area contributed by atoms with Crippen molar-refractivity contribution in [2.45, 2.75) is 25.6 Å². The van der Waals surface area contributed by atoms with Gasteiger partial charge in [-0.15, -0.1) is 0 Å². The largest absolute Gasteiger partial charge is 0.435 e. The molecule has 4 nitrogen and oxygen atoms in total. The third-order valence-corrected chi connectivity index (χ3v) is 4.63. The number of amides is 1. The molecule has 3 aromatic carbocycles. The highest BCUT2D eigenvalue weighted by Gasteiger charge is 2.25. The number of carbonyl (C=O) groups excluding carboxylic acids is 1. The lowest BCUT2D eigenvalue weighted by atomic mass is 9.97. The number of nitrogens with one attached hydrogen (secondary N) is 1. The number of hydrogen-bond donors (Lipinski definition) is 2. The van der Waals surface area contributed by atoms with Gasteiger partial charge in [0.25, 0.3) is 5.91 Å². The van der Waals surface area contributed by atoms with Gasteiger partial charge in [0.2, 0.25) is 0 Å². The quantitative estimate of drug-likeness (QED) is 0.582. The second-order valence-electron chi connectivity index (χ2n) is 6.81. The molecule has 0 bridgehead atoms. The van der Waals surface area contributed by atoms with Gasteiger partial charge in [-0.2, -0.15) is 8.78 Å². The van der Waals surface area contributed by atoms with Crippen LogP contribution in [-0.2, 0) is 4.79 Å². The molecule has 0 saturated heterocycles. The van der Waals surface area contributed by atoms with E-state index in [0.29, 0.717) is 5.69 Å². The number of anilines is 1. The van der Waals surface area contributed by atoms with E-state index in [1.54, 1.807) is 19.1 Å². The molecular weight excluding hydrogens is 393 g/mol. The highest BCUT2D eigenvalue weighted by atomic mass is 19.3. The monoisotopic (exact) mass is 415 g/mol. The molecule has 3 aromatic rings. The lowest BCUT2D eigenvalue weighted by molar-refractivity contribution is -0.704. The van der Waals surface area contributed by atoms with Gasteiger partial charge in [0.1, 0.15) is 17.6 Å². The Labute approximate surface area is 172 Å². The highest BCUT2D eigenvalue weighted by molar-refractivity contribution is 5.93. The van der Waals surface area contributed by atoms with E-state index in [-0.39, 0.29) is 23.5 Å². The smallest absolute Gasteiger partial charge is 0.387 e. The van der Waals surface area contributed by atoms with Crippen LogP contribution < -0.4 is 15.4 Å². The van der Waals surface area contributed by atoms with Gasteiger partial charge < -0.3 is 15.4 Å². The first-order chi connectivity index (χ1) is 14.4. The number of halogens is 3. The molecule has 30 heavy (non-hydrogen) atoms. The van der Waals surface area contributed by atoms with Gasteiger partial charge in [-0.1, -0.05) is 30.3 Å². The van der Waals surface area contributed by atoms with Crippen LogP contribution in [0.15, 0.2) is 78.9 Å². The summed E-state index contributed by atoms with van der Waals surface area (Å²) in [5.74, 6) is -0.543. The summed E-state index contributed by atoms with van der Waals surface area (Å²) >= 11 is 0. The maximum absolute atomic E-state index is 13.1. The summed E-state index contributed by atoms with van der Waals surface area (Å²) in [4.78, 5) is 12.6. The minimum atomic E-state index is -2.89. The molecule has 3 rings (SSSR count). The summed E-state index contributed by atoms with van der Waals surface area (Å²) < 4.78 is 42.3. The number of ether oxygens (including phenoxy) is 1. The molecule has 3 N–H and O–H groups in total. The first-order valence-electron chi connectivity index (χ1n) is 9.43. The topological polar surface area (TPSA) is 54.9 Å². The van der Waals surface area contributed by atoms with Crippen molar-refractivity contribution in [3.63, 3.8) is 0 Å². The Hall–Kier alpha value is -3.32. The van der Waals surface area contributed by atoms with E-state index in [4.69, 9.17) is 0 Å². The Morgan fingerprint density at radius 1 is 0.900 bits per heavy atom. The molecule has 7 heteroatoms. The average molecular weight is 415 g/mol. The van der Waals surface area contributed by atoms with E-state index in [1.807, 2.05) is 35.6 Å². The molecule has 1 amide bonds. The predicted octanol–water partition coefficient (Wildman–Crippen LogP) is 4.11. The molecule has 156 valence electrons. The van der Waals surface area contributed by atoms with Gasteiger partial charge in [0.05, 0.1) is 0 Å². The molecule has 0 fully saturated rings. The Morgan fingerprint density at radius 3 is 2.10 bits per heavy atom. The van der Waals surface area contributed by atoms with Crippen molar-refractivity contribution in [3.05, 3.63) is 95.8 Å². The van der Waals surface area contributed by atoms with Crippen molar-refractivity contribution in [2.24, 2.45) is 0 Å². The maximum Gasteiger partial charge on any atom is 0.387 e. The zero-order valence-corrected chi connectivity index (χ0v) is 16.3. The second kappa shape index (κ2) is 9.93. The van der Waals surface area contributed by atoms with Crippen molar-refractivity contribution < 1.29 is 28.0 Å². The van der Waals surface area contributed by atoms with Crippen LogP contribution in [0.5, 0.6) is 5.75 Å². The number of nitrogens with two attached hydrogens (primary N) is 1. The number of hydrogen-bond acceptors (Lipinski definition) is 2. The molecule has 2 atom stereocenters. The van der Waals surface area contributed by atoms with Gasteiger partial charge in [0.15, 0.2) is 6.04 Å². The predicted molar refractivity (Wildman–Crippen MR) is 108 cm³/mol. The molecule has 0 aliphatic carbocycles. The Kier molecular flexibility index (Phi) is 7.08. The molecule has 0 aliphatic heterocycles. The lowest BCUT2D eigenvalue weighted by Crippen LogP contribution is -2.92. The van der Waals surface area contributed by atoms with Crippen LogP contribution in [0.2, 0.25) is 0 Å². The summed E-state index contributed by atoms with van der Waals surface area (Å²) in [6.45, 7) is -1.12. The maximum atomic E-state index is 13.1. The van der Waals surface area contributed by atoms with Crippen LogP contribution in [0.3, 0.4) is 0 Å². The van der Waals surface area contributed by atoms with Gasteiger partial charge in [-0.3, -0.25) is 4.79 Å². The summed E-state index contributed by atoms with van der Waals surface area (Å²) in [7, 11) is 0. The summed E-state index contributed by atoms with van der Waals surface area (Å²) in [6.07, 6.45) is 0. The number of benzene rings is 3. The number of carbonyl (C=O) groups is 1. The van der Waals surface area contributed by atoms with Crippen LogP contribution >= 0.6 is 0 Å². The number of rotatable bonds is 8. The molecule has 0 saturated carbocycles. The minimum absolute atomic E-state index is 0.0719. The van der Waals surface area contributed by atoms with Crippen LogP contribution in [0.4, 0.5) is 18.9 Å². The Bertz CT molecular complexity index is 948. The fraction of sp³-hybridized carbons (Fsp3) is 0.174. The molecule has 0 spiro atoms. The molecule has 0 radical (unpaired) electrons. The standard InChI is InChI=1S/C23H21F3N2O2/c1-15(22(29)28-19-11-9-18(24)10-12-19)27-21(16-5-3-2-4-6-16)17-7-13-20(14-8-17)30-23(25)26/h2-15,21,23,27H,1H3,(H,28,29)/p+1/t15-,21+/m0/s1. The first kappa shape index (κ1) is 21.4. The minimum Gasteiger partial charge on any atom is -0.435 e. The van der Waals surface area contributed by atoms with Gasteiger partial charge in [-0.25, -0.2) is 4.39 Å². The van der Waals surface area contributed by atoms with Gasteiger partial charge >= 0.3 is 6.61 Å². The highest BCUT2D eigenvalue weighted by Crippen LogP contribution is 2.22. The van der Waals surface area contributed by atoms with E-state index >= 15 is 0 Å². The van der Waals surface area contributed by atoms with E-state index in [9.17, 15) is 18.0 Å². The third kappa shape index (κ3) is 5.84. The normalized spacial score (nSPS) is 13.0. The van der Waals surface area contributed by atoms with E-state index in [0.717, 1.165) is 11.1 Å². The third-order valence-electron chi connectivity index (χ3n) is 4.63. The van der Waals surface area contributed by atoms with Crippen molar-refractivity contribution in [2.75, 3.05) is 5.32 Å². The van der Waals surface area contributed by atoms with E-state index in [2.05, 4.69) is 10.1 Å². The fourth-order valence-corrected chi connectivity index (χ4v) is 3.10. The summed E-state index contributed by atoms with van der Waals surface area (Å²) in [5, 5.41) is 4.65. The summed E-state index contributed by atoms with van der Waals surface area (Å²) in [5.41, 5.74) is 2.30. The van der Waals surface area contributed by atoms with Crippen LogP contribution in [0.25, 0.3) is 0 Å². The molecular formula is C23H22F3N2O2+. The van der Waals surface area contributed by atoms with Crippen molar-refractivity contribution in [1.82, 2.24) is 0 Å². The Morgan fingerprint density at radius 2 is 1.50 bits per heavy atom. The first-order valence-corrected chi connectivity index (χ1v) is 9.43. The number of alkyl halides is 2. The zero-order valence-electron chi connectivity index (χ0n) is 16.3. The van der Waals surface area contributed by atoms with Crippen LogP contribution in [0.1, 0.15) is 24.1 Å². The SMILES string of the molecule is C[C@H]([NH2+][C@H](c1ccccc1)c1ccc(OC(F)F)cc1)C(=O)Nc1ccc(F)cc1.